The number of carbonyl (C=O) groups is 1. The van der Waals surface area contributed by atoms with Crippen molar-refractivity contribution in [2.45, 2.75) is 64.7 Å². The lowest BCUT2D eigenvalue weighted by molar-refractivity contribution is 0.111. The Kier molecular flexibility index (Phi) is 7.46. The molecule has 1 aromatic carbocycles. The summed E-state index contributed by atoms with van der Waals surface area (Å²) in [6, 6.07) is 9.70. The minimum Gasteiger partial charge on any atom is -0.296 e. The Labute approximate surface area is 177 Å². The van der Waals surface area contributed by atoms with E-state index in [2.05, 4.69) is 9.71 Å². The number of nitrogens with one attached hydrogen (secondary N) is 1. The van der Waals surface area contributed by atoms with Gasteiger partial charge in [-0.3, -0.25) is 4.79 Å². The summed E-state index contributed by atoms with van der Waals surface area (Å²) in [7, 11) is -1.26. The van der Waals surface area contributed by atoms with Gasteiger partial charge >= 0.3 is 0 Å². The molecule has 3 rings (SSSR count). The van der Waals surface area contributed by atoms with Crippen LogP contribution >= 0.6 is 0 Å². The highest BCUT2D eigenvalue weighted by Gasteiger charge is 2.45. The molecule has 1 aromatic heterocycles. The molecule has 0 spiro atoms. The maximum absolute atomic E-state index is 13.3. The third-order valence-corrected chi connectivity index (χ3v) is 6.68. The number of carbonyl (C=O) groups excluding carboxylic acids is 1. The SMILES string of the molecule is CC.CC(NS(=O)C(C)(C)C)(c1cc(C=O)nc(-c2ccc(F)cc2)c1)C1CC1.[HH]. The minimum absolute atomic E-state index is 0. The van der Waals surface area contributed by atoms with Crippen LogP contribution in [0.5, 0.6) is 0 Å². The average molecular weight is 421 g/mol. The number of nitrogens with zero attached hydrogens (tertiary/aromatic N) is 1. The fourth-order valence-corrected chi connectivity index (χ4v) is 4.04. The van der Waals surface area contributed by atoms with Crippen molar-refractivity contribution in [3.8, 4) is 11.3 Å². The van der Waals surface area contributed by atoms with Crippen LogP contribution in [0.1, 0.15) is 71.9 Å². The van der Waals surface area contributed by atoms with Crippen molar-refractivity contribution in [1.82, 2.24) is 9.71 Å². The van der Waals surface area contributed by atoms with Crippen molar-refractivity contribution < 1.29 is 14.8 Å². The zero-order valence-electron chi connectivity index (χ0n) is 18.1. The predicted octanol–water partition coefficient (Wildman–Crippen LogP) is 5.65. The van der Waals surface area contributed by atoms with Crippen LogP contribution in [0.4, 0.5) is 4.39 Å². The molecule has 1 N–H and O–H groups in total. The Hall–Kier alpha value is -1.92. The van der Waals surface area contributed by atoms with Crippen LogP contribution in [0.2, 0.25) is 0 Å². The largest absolute Gasteiger partial charge is 0.296 e. The first kappa shape index (κ1) is 23.4. The Bertz CT molecular complexity index is 880. The van der Waals surface area contributed by atoms with Gasteiger partial charge in [0.15, 0.2) is 6.29 Å². The topological polar surface area (TPSA) is 59.1 Å². The van der Waals surface area contributed by atoms with Crippen molar-refractivity contribution in [1.29, 1.82) is 0 Å². The number of pyridine rings is 1. The molecule has 2 unspecified atom stereocenters. The number of benzene rings is 1. The maximum Gasteiger partial charge on any atom is 0.168 e. The highest BCUT2D eigenvalue weighted by atomic mass is 32.2. The lowest BCUT2D eigenvalue weighted by Gasteiger charge is -2.34. The van der Waals surface area contributed by atoms with Crippen molar-refractivity contribution in [2.75, 3.05) is 0 Å². The molecule has 4 nitrogen and oxygen atoms in total. The van der Waals surface area contributed by atoms with E-state index in [0.717, 1.165) is 24.0 Å². The van der Waals surface area contributed by atoms with Crippen LogP contribution in [-0.2, 0) is 16.5 Å². The van der Waals surface area contributed by atoms with E-state index in [1.54, 1.807) is 18.2 Å². The van der Waals surface area contributed by atoms with E-state index >= 15 is 0 Å². The van der Waals surface area contributed by atoms with Crippen LogP contribution in [0.25, 0.3) is 11.3 Å². The van der Waals surface area contributed by atoms with Gasteiger partial charge < -0.3 is 0 Å². The molecule has 0 saturated heterocycles. The Morgan fingerprint density at radius 2 is 1.72 bits per heavy atom. The molecular formula is C23H33FN2O2S. The fraction of sp³-hybridized carbons (Fsp3) is 0.478. The first-order valence-electron chi connectivity index (χ1n) is 10.1. The van der Waals surface area contributed by atoms with E-state index in [0.29, 0.717) is 23.6 Å². The first-order valence-corrected chi connectivity index (χ1v) is 11.2. The molecule has 160 valence electrons. The summed E-state index contributed by atoms with van der Waals surface area (Å²) in [5, 5.41) is 0. The molecule has 1 heterocycles. The van der Waals surface area contributed by atoms with Crippen LogP contribution in [0, 0.1) is 11.7 Å². The lowest BCUT2D eigenvalue weighted by Crippen LogP contribution is -2.47. The van der Waals surface area contributed by atoms with Gasteiger partial charge in [0.1, 0.15) is 11.5 Å². The Morgan fingerprint density at radius 1 is 1.14 bits per heavy atom. The molecule has 29 heavy (non-hydrogen) atoms. The number of hydrogen-bond donors (Lipinski definition) is 1. The zero-order valence-corrected chi connectivity index (χ0v) is 18.9. The van der Waals surface area contributed by atoms with E-state index in [1.165, 1.54) is 12.1 Å². The normalized spacial score (nSPS) is 16.9. The molecule has 1 aliphatic rings. The predicted molar refractivity (Wildman–Crippen MR) is 120 cm³/mol. The van der Waals surface area contributed by atoms with E-state index in [9.17, 15) is 13.4 Å². The summed E-state index contributed by atoms with van der Waals surface area (Å²) >= 11 is 0. The third-order valence-electron chi connectivity index (χ3n) is 4.96. The minimum atomic E-state index is -1.26. The number of halogens is 1. The van der Waals surface area contributed by atoms with Gasteiger partial charge in [-0.25, -0.2) is 18.3 Å². The summed E-state index contributed by atoms with van der Waals surface area (Å²) in [4.78, 5) is 15.9. The van der Waals surface area contributed by atoms with Gasteiger partial charge in [-0.05, 0) is 88.4 Å². The van der Waals surface area contributed by atoms with E-state index in [-0.39, 0.29) is 7.24 Å². The van der Waals surface area contributed by atoms with Gasteiger partial charge in [0.25, 0.3) is 0 Å². The molecule has 2 aromatic rings. The number of rotatable bonds is 6. The van der Waals surface area contributed by atoms with Crippen molar-refractivity contribution >= 4 is 17.3 Å². The molecule has 1 saturated carbocycles. The highest BCUT2D eigenvalue weighted by Crippen LogP contribution is 2.46. The standard InChI is InChI=1S/C21H25FN2O2S.C2H6.H2/c1-20(2,3)27(26)24-21(4,15-7-8-15)16-11-18(13-25)23-19(12-16)14-5-9-17(22)10-6-14;1-2;/h5-6,9-13,15,24H,7-8H2,1-4H3;1-2H3;1H. The maximum atomic E-state index is 13.3. The first-order chi connectivity index (χ1) is 13.6. The van der Waals surface area contributed by atoms with Gasteiger partial charge in [-0.2, -0.15) is 0 Å². The second-order valence-corrected chi connectivity index (χ2v) is 10.2. The number of aromatic nitrogens is 1. The van der Waals surface area contributed by atoms with E-state index in [4.69, 9.17) is 0 Å². The fourth-order valence-electron chi connectivity index (χ4n) is 3.06. The third kappa shape index (κ3) is 5.58. The molecule has 0 radical (unpaired) electrons. The summed E-state index contributed by atoms with van der Waals surface area (Å²) in [6.07, 6.45) is 2.79. The van der Waals surface area contributed by atoms with E-state index < -0.39 is 21.3 Å². The van der Waals surface area contributed by atoms with Crippen LogP contribution < -0.4 is 4.72 Å². The summed E-state index contributed by atoms with van der Waals surface area (Å²) in [5.74, 6) is 0.0161. The smallest absolute Gasteiger partial charge is 0.168 e. The van der Waals surface area contributed by atoms with Gasteiger partial charge in [0.2, 0.25) is 0 Å². The van der Waals surface area contributed by atoms with Crippen molar-refractivity contribution in [2.24, 2.45) is 5.92 Å². The lowest BCUT2D eigenvalue weighted by atomic mass is 9.87. The molecule has 0 bridgehead atoms. The molecule has 6 heteroatoms. The Balaban J connectivity index is 0.00000146. The second-order valence-electron chi connectivity index (χ2n) is 8.25. The molecule has 0 amide bonds. The number of aldehydes is 1. The van der Waals surface area contributed by atoms with Gasteiger partial charge in [0.05, 0.1) is 27.0 Å². The summed E-state index contributed by atoms with van der Waals surface area (Å²) < 4.78 is 29.0. The number of hydrogen-bond acceptors (Lipinski definition) is 3. The van der Waals surface area contributed by atoms with Gasteiger partial charge in [-0.1, -0.05) is 13.8 Å². The monoisotopic (exact) mass is 420 g/mol. The van der Waals surface area contributed by atoms with Crippen LogP contribution in [-0.4, -0.2) is 20.2 Å². The summed E-state index contributed by atoms with van der Waals surface area (Å²) in [5.41, 5.74) is 1.98. The zero-order chi connectivity index (χ0) is 21.8. The molecule has 0 aliphatic heterocycles. The van der Waals surface area contributed by atoms with Crippen molar-refractivity contribution in [3.63, 3.8) is 0 Å². The highest BCUT2D eigenvalue weighted by molar-refractivity contribution is 7.84. The van der Waals surface area contributed by atoms with Crippen LogP contribution in [0.3, 0.4) is 0 Å². The summed E-state index contributed by atoms with van der Waals surface area (Å²) in [6.45, 7) is 11.8. The Morgan fingerprint density at radius 3 is 2.21 bits per heavy atom. The molecule has 1 aliphatic carbocycles. The average Bonchev–Trinajstić information content (AvgIpc) is 3.54. The van der Waals surface area contributed by atoms with Gasteiger partial charge in [-0.15, -0.1) is 0 Å². The second kappa shape index (κ2) is 9.26. The molecule has 1 fully saturated rings. The quantitative estimate of drug-likeness (QED) is 0.614. The molecular weight excluding hydrogens is 387 g/mol. The van der Waals surface area contributed by atoms with Gasteiger partial charge in [0, 0.05) is 6.99 Å². The molecule has 2 atom stereocenters. The van der Waals surface area contributed by atoms with E-state index in [1.807, 2.05) is 47.6 Å². The van der Waals surface area contributed by atoms with Crippen LogP contribution in [0.15, 0.2) is 36.4 Å². The van der Waals surface area contributed by atoms with Crippen molar-refractivity contribution in [3.05, 3.63) is 53.5 Å².